The van der Waals surface area contributed by atoms with Gasteiger partial charge in [0.2, 0.25) is 0 Å². The summed E-state index contributed by atoms with van der Waals surface area (Å²) >= 11 is 1.88. The van der Waals surface area contributed by atoms with E-state index < -0.39 is 0 Å². The van der Waals surface area contributed by atoms with Crippen molar-refractivity contribution in [3.05, 3.63) is 176 Å². The van der Waals surface area contributed by atoms with E-state index in [0.717, 1.165) is 0 Å². The number of rotatable bonds is 4. The van der Waals surface area contributed by atoms with E-state index in [1.807, 2.05) is 11.8 Å². The molecule has 0 spiro atoms. The lowest BCUT2D eigenvalue weighted by atomic mass is 9.91. The number of aromatic nitrogens is 1. The zero-order valence-electron chi connectivity index (χ0n) is 26.1. The summed E-state index contributed by atoms with van der Waals surface area (Å²) in [6.45, 7) is 0. The SMILES string of the molecule is c1ccc(-c2ccc3c4c(cccc24)-c2cc(-c4ccc(-c5cccc6c7ccccc7n(-c7ccccc7)c56)cc4)ccc2S3)cc1. The van der Waals surface area contributed by atoms with Crippen LogP contribution in [-0.2, 0) is 0 Å². The van der Waals surface area contributed by atoms with E-state index in [1.165, 1.54) is 92.6 Å². The van der Waals surface area contributed by atoms with Crippen molar-refractivity contribution >= 4 is 44.3 Å². The van der Waals surface area contributed by atoms with Crippen molar-refractivity contribution in [3.8, 4) is 50.2 Å². The monoisotopic (exact) mass is 627 g/mol. The van der Waals surface area contributed by atoms with E-state index >= 15 is 0 Å². The Morgan fingerprint density at radius 2 is 0.979 bits per heavy atom. The Labute approximate surface area is 283 Å². The van der Waals surface area contributed by atoms with Crippen LogP contribution in [0.5, 0.6) is 0 Å². The third-order valence-corrected chi connectivity index (χ3v) is 11.0. The Bertz CT molecular complexity index is 2670. The second-order valence-electron chi connectivity index (χ2n) is 12.5. The number of hydrogen-bond donors (Lipinski definition) is 0. The lowest BCUT2D eigenvalue weighted by Crippen LogP contribution is -1.95. The van der Waals surface area contributed by atoms with Gasteiger partial charge in [-0.2, -0.15) is 0 Å². The Balaban J connectivity index is 1.08. The van der Waals surface area contributed by atoms with Gasteiger partial charge < -0.3 is 4.57 Å². The van der Waals surface area contributed by atoms with Crippen molar-refractivity contribution in [2.75, 3.05) is 0 Å². The van der Waals surface area contributed by atoms with Crippen LogP contribution in [0.2, 0.25) is 0 Å². The molecule has 0 radical (unpaired) electrons. The van der Waals surface area contributed by atoms with E-state index in [2.05, 4.69) is 180 Å². The molecule has 0 amide bonds. The van der Waals surface area contributed by atoms with Crippen LogP contribution in [0.25, 0.3) is 82.8 Å². The maximum atomic E-state index is 2.41. The Hall–Kier alpha value is -5.83. The van der Waals surface area contributed by atoms with Crippen LogP contribution in [-0.4, -0.2) is 4.57 Å². The minimum absolute atomic E-state index is 1.17. The van der Waals surface area contributed by atoms with Crippen LogP contribution in [0.1, 0.15) is 0 Å². The fourth-order valence-electron chi connectivity index (χ4n) is 7.62. The molecular formula is C46H29NS. The standard InChI is InChI=1S/C46H29NS/c1-3-11-31(12-4-1)35-26-28-44-45-38(35)17-10-18-39(45)41-29-33(25-27-43(41)48-44)30-21-23-32(24-22-30)36-16-9-19-40-37-15-7-8-20-42(37)47(46(36)40)34-13-5-2-6-14-34/h1-29H. The maximum Gasteiger partial charge on any atom is 0.0619 e. The molecule has 224 valence electrons. The normalized spacial score (nSPS) is 12.1. The molecule has 0 fully saturated rings. The molecule has 1 aromatic heterocycles. The molecule has 0 unspecified atom stereocenters. The predicted molar refractivity (Wildman–Crippen MR) is 204 cm³/mol. The molecule has 0 N–H and O–H groups in total. The van der Waals surface area contributed by atoms with Gasteiger partial charge in [-0.15, -0.1) is 0 Å². The van der Waals surface area contributed by atoms with Crippen LogP contribution in [0.15, 0.2) is 186 Å². The largest absolute Gasteiger partial charge is 0.309 e. The summed E-state index contributed by atoms with van der Waals surface area (Å²) in [7, 11) is 0. The molecule has 2 heteroatoms. The number of para-hydroxylation sites is 3. The van der Waals surface area contributed by atoms with Crippen molar-refractivity contribution in [2.45, 2.75) is 9.79 Å². The highest BCUT2D eigenvalue weighted by Gasteiger charge is 2.22. The summed E-state index contributed by atoms with van der Waals surface area (Å²) in [6, 6.07) is 64.3. The van der Waals surface area contributed by atoms with Crippen molar-refractivity contribution < 1.29 is 0 Å². The lowest BCUT2D eigenvalue weighted by Gasteiger charge is -2.22. The molecule has 10 rings (SSSR count). The summed E-state index contributed by atoms with van der Waals surface area (Å²) in [6.07, 6.45) is 0. The first-order chi connectivity index (χ1) is 23.8. The smallest absolute Gasteiger partial charge is 0.0619 e. The van der Waals surface area contributed by atoms with Crippen LogP contribution < -0.4 is 0 Å². The molecule has 0 bridgehead atoms. The first-order valence-corrected chi connectivity index (χ1v) is 17.3. The summed E-state index contributed by atoms with van der Waals surface area (Å²) < 4.78 is 2.41. The van der Waals surface area contributed by atoms with Gasteiger partial charge in [0.15, 0.2) is 0 Å². The third-order valence-electron chi connectivity index (χ3n) is 9.82. The number of hydrogen-bond acceptors (Lipinski definition) is 1. The summed E-state index contributed by atoms with van der Waals surface area (Å²) in [4.78, 5) is 2.63. The third kappa shape index (κ3) is 4.20. The Kier molecular flexibility index (Phi) is 6.18. The van der Waals surface area contributed by atoms with E-state index in [4.69, 9.17) is 0 Å². The van der Waals surface area contributed by atoms with Crippen molar-refractivity contribution in [1.82, 2.24) is 4.57 Å². The second kappa shape index (κ2) is 10.9. The first-order valence-electron chi connectivity index (χ1n) is 16.4. The molecule has 8 aromatic carbocycles. The predicted octanol–water partition coefficient (Wildman–Crippen LogP) is 13.1. The summed E-state index contributed by atoms with van der Waals surface area (Å²) in [5.41, 5.74) is 13.7. The van der Waals surface area contributed by atoms with Gasteiger partial charge in [-0.25, -0.2) is 0 Å². The minimum atomic E-state index is 1.17. The number of nitrogens with zero attached hydrogens (tertiary/aromatic N) is 1. The molecule has 2 heterocycles. The van der Waals surface area contributed by atoms with E-state index in [0.29, 0.717) is 0 Å². The molecule has 0 saturated heterocycles. The van der Waals surface area contributed by atoms with Gasteiger partial charge in [-0.1, -0.05) is 151 Å². The molecule has 9 aromatic rings. The average molecular weight is 628 g/mol. The van der Waals surface area contributed by atoms with Gasteiger partial charge in [0, 0.05) is 37.2 Å². The molecule has 1 aliphatic heterocycles. The fourth-order valence-corrected chi connectivity index (χ4v) is 8.73. The Morgan fingerprint density at radius 3 is 1.81 bits per heavy atom. The van der Waals surface area contributed by atoms with Gasteiger partial charge >= 0.3 is 0 Å². The van der Waals surface area contributed by atoms with E-state index in [-0.39, 0.29) is 0 Å². The van der Waals surface area contributed by atoms with E-state index in [9.17, 15) is 0 Å². The number of fused-ring (bicyclic) bond motifs is 5. The van der Waals surface area contributed by atoms with Gasteiger partial charge in [0.1, 0.15) is 0 Å². The first kappa shape index (κ1) is 27.3. The quantitative estimate of drug-likeness (QED) is 0.188. The minimum Gasteiger partial charge on any atom is -0.309 e. The summed E-state index contributed by atoms with van der Waals surface area (Å²) in [5, 5.41) is 5.21. The van der Waals surface area contributed by atoms with Crippen LogP contribution in [0, 0.1) is 0 Å². The fraction of sp³-hybridized carbons (Fsp3) is 0. The molecular weight excluding hydrogens is 599 g/mol. The van der Waals surface area contributed by atoms with Crippen molar-refractivity contribution in [1.29, 1.82) is 0 Å². The van der Waals surface area contributed by atoms with Gasteiger partial charge in [0.25, 0.3) is 0 Å². The molecule has 0 aliphatic carbocycles. The van der Waals surface area contributed by atoms with Crippen LogP contribution in [0.4, 0.5) is 0 Å². The molecule has 1 aliphatic rings. The second-order valence-corrected chi connectivity index (χ2v) is 13.6. The van der Waals surface area contributed by atoms with Crippen LogP contribution in [0.3, 0.4) is 0 Å². The highest BCUT2D eigenvalue weighted by atomic mass is 32.2. The molecule has 48 heavy (non-hydrogen) atoms. The highest BCUT2D eigenvalue weighted by molar-refractivity contribution is 7.99. The van der Waals surface area contributed by atoms with E-state index in [1.54, 1.807) is 0 Å². The zero-order valence-corrected chi connectivity index (χ0v) is 26.9. The van der Waals surface area contributed by atoms with Gasteiger partial charge in [-0.3, -0.25) is 0 Å². The average Bonchev–Trinajstić information content (AvgIpc) is 3.50. The van der Waals surface area contributed by atoms with Crippen LogP contribution >= 0.6 is 11.8 Å². The zero-order chi connectivity index (χ0) is 31.6. The number of benzene rings is 8. The molecule has 0 atom stereocenters. The molecule has 0 saturated carbocycles. The van der Waals surface area contributed by atoms with Crippen molar-refractivity contribution in [3.63, 3.8) is 0 Å². The van der Waals surface area contributed by atoms with Gasteiger partial charge in [-0.05, 0) is 80.7 Å². The Morgan fingerprint density at radius 1 is 0.354 bits per heavy atom. The molecule has 1 nitrogen and oxygen atoms in total. The highest BCUT2D eigenvalue weighted by Crippen LogP contribution is 2.50. The van der Waals surface area contributed by atoms with Gasteiger partial charge in [0.05, 0.1) is 11.0 Å². The topological polar surface area (TPSA) is 4.93 Å². The lowest BCUT2D eigenvalue weighted by molar-refractivity contribution is 1.18. The maximum absolute atomic E-state index is 2.41. The van der Waals surface area contributed by atoms with Crippen molar-refractivity contribution in [2.24, 2.45) is 0 Å². The summed E-state index contributed by atoms with van der Waals surface area (Å²) in [5.74, 6) is 0.